The first-order valence-corrected chi connectivity index (χ1v) is 5.63. The van der Waals surface area contributed by atoms with E-state index in [1.54, 1.807) is 18.5 Å². The number of hydrogen-bond donors (Lipinski definition) is 0. The molecule has 0 N–H and O–H groups in total. The highest BCUT2D eigenvalue weighted by Gasteiger charge is 2.07. The summed E-state index contributed by atoms with van der Waals surface area (Å²) in [6, 6.07) is 5.71. The van der Waals surface area contributed by atoms with E-state index in [9.17, 15) is 0 Å². The third kappa shape index (κ3) is 2.27. The number of rotatable bonds is 2. The Hall–Kier alpha value is -1.92. The van der Waals surface area contributed by atoms with E-state index < -0.39 is 0 Å². The lowest BCUT2D eigenvalue weighted by molar-refractivity contribution is 1.10. The largest absolute Gasteiger partial charge is 0.264 e. The molecular weight excluding hydrogens is 234 g/mol. The zero-order valence-electron chi connectivity index (χ0n) is 9.31. The van der Waals surface area contributed by atoms with Crippen molar-refractivity contribution in [2.75, 3.05) is 0 Å². The summed E-state index contributed by atoms with van der Waals surface area (Å²) >= 11 is 5.81. The van der Waals surface area contributed by atoms with Crippen LogP contribution in [0.2, 0.25) is 5.15 Å². The van der Waals surface area contributed by atoms with E-state index in [0.717, 1.165) is 23.1 Å². The highest BCUT2D eigenvalue weighted by molar-refractivity contribution is 6.30. The summed E-state index contributed by atoms with van der Waals surface area (Å²) in [5.74, 6) is 0. The van der Waals surface area contributed by atoms with Crippen LogP contribution in [-0.4, -0.2) is 9.97 Å². The van der Waals surface area contributed by atoms with Crippen LogP contribution < -0.4 is 0 Å². The Kier molecular flexibility index (Phi) is 3.36. The molecule has 0 saturated heterocycles. The van der Waals surface area contributed by atoms with Crippen LogP contribution in [0.4, 0.5) is 0 Å². The van der Waals surface area contributed by atoms with Crippen LogP contribution in [0.3, 0.4) is 0 Å². The van der Waals surface area contributed by atoms with Gasteiger partial charge in [-0.1, -0.05) is 18.5 Å². The lowest BCUT2D eigenvalue weighted by atomic mass is 10.0. The first kappa shape index (κ1) is 11.6. The van der Waals surface area contributed by atoms with Gasteiger partial charge in [-0.3, -0.25) is 4.98 Å². The SMILES string of the molecule is CCc1cnccc1-c1cnc(Cl)c(C#N)c1. The number of pyridine rings is 2. The van der Waals surface area contributed by atoms with Gasteiger partial charge in [0, 0.05) is 24.2 Å². The van der Waals surface area contributed by atoms with Crippen LogP contribution in [0.25, 0.3) is 11.1 Å². The predicted octanol–water partition coefficient (Wildman–Crippen LogP) is 3.23. The second kappa shape index (κ2) is 4.94. The maximum absolute atomic E-state index is 8.93. The topological polar surface area (TPSA) is 49.6 Å². The molecule has 0 bridgehead atoms. The molecule has 2 aromatic rings. The minimum atomic E-state index is 0.239. The molecule has 0 radical (unpaired) electrons. The van der Waals surface area contributed by atoms with Crippen LogP contribution in [-0.2, 0) is 6.42 Å². The van der Waals surface area contributed by atoms with Crippen LogP contribution in [0.5, 0.6) is 0 Å². The lowest BCUT2D eigenvalue weighted by Crippen LogP contribution is -1.91. The molecule has 0 saturated carbocycles. The smallest absolute Gasteiger partial charge is 0.146 e. The van der Waals surface area contributed by atoms with Gasteiger partial charge in [0.15, 0.2) is 0 Å². The van der Waals surface area contributed by atoms with Gasteiger partial charge in [0.25, 0.3) is 0 Å². The van der Waals surface area contributed by atoms with Crippen molar-refractivity contribution in [2.24, 2.45) is 0 Å². The molecule has 0 aliphatic carbocycles. The molecule has 0 unspecified atom stereocenters. The number of nitrogens with zero attached hydrogens (tertiary/aromatic N) is 3. The van der Waals surface area contributed by atoms with Crippen LogP contribution >= 0.6 is 11.6 Å². The lowest BCUT2D eigenvalue weighted by Gasteiger charge is -2.07. The zero-order valence-corrected chi connectivity index (χ0v) is 10.1. The minimum Gasteiger partial charge on any atom is -0.264 e. The van der Waals surface area contributed by atoms with E-state index in [4.69, 9.17) is 16.9 Å². The Morgan fingerprint density at radius 3 is 2.94 bits per heavy atom. The molecule has 3 nitrogen and oxygen atoms in total. The molecule has 17 heavy (non-hydrogen) atoms. The molecular formula is C13H10ClN3. The van der Waals surface area contributed by atoms with Gasteiger partial charge in [-0.2, -0.15) is 5.26 Å². The van der Waals surface area contributed by atoms with Crippen molar-refractivity contribution in [3.8, 4) is 17.2 Å². The van der Waals surface area contributed by atoms with Gasteiger partial charge in [0.1, 0.15) is 11.2 Å². The minimum absolute atomic E-state index is 0.239. The Morgan fingerprint density at radius 1 is 1.41 bits per heavy atom. The van der Waals surface area contributed by atoms with E-state index >= 15 is 0 Å². The van der Waals surface area contributed by atoms with Gasteiger partial charge < -0.3 is 0 Å². The van der Waals surface area contributed by atoms with Crippen LogP contribution in [0.15, 0.2) is 30.7 Å². The monoisotopic (exact) mass is 243 g/mol. The first-order chi connectivity index (χ1) is 8.26. The molecule has 0 fully saturated rings. The summed E-state index contributed by atoms with van der Waals surface area (Å²) in [7, 11) is 0. The number of nitriles is 1. The summed E-state index contributed by atoms with van der Waals surface area (Å²) in [4.78, 5) is 8.11. The van der Waals surface area contributed by atoms with Gasteiger partial charge in [-0.25, -0.2) is 4.98 Å². The highest BCUT2D eigenvalue weighted by atomic mass is 35.5. The molecule has 84 valence electrons. The second-order valence-corrected chi connectivity index (χ2v) is 3.92. The standard InChI is InChI=1S/C13H10ClN3/c1-2-9-7-16-4-3-12(9)11-5-10(6-15)13(14)17-8-11/h3-5,7-8H,2H2,1H3. The van der Waals surface area contributed by atoms with Crippen molar-refractivity contribution >= 4 is 11.6 Å². The summed E-state index contributed by atoms with van der Waals surface area (Å²) in [5.41, 5.74) is 3.46. The van der Waals surface area contributed by atoms with Crippen molar-refractivity contribution in [1.29, 1.82) is 5.26 Å². The number of aromatic nitrogens is 2. The number of aryl methyl sites for hydroxylation is 1. The van der Waals surface area contributed by atoms with Crippen molar-refractivity contribution in [2.45, 2.75) is 13.3 Å². The third-order valence-corrected chi connectivity index (χ3v) is 2.86. The number of halogens is 1. The second-order valence-electron chi connectivity index (χ2n) is 3.56. The van der Waals surface area contributed by atoms with E-state index in [2.05, 4.69) is 16.9 Å². The van der Waals surface area contributed by atoms with Crippen molar-refractivity contribution in [1.82, 2.24) is 9.97 Å². The summed E-state index contributed by atoms with van der Waals surface area (Å²) in [5, 5.41) is 9.17. The van der Waals surface area contributed by atoms with Crippen molar-refractivity contribution in [3.63, 3.8) is 0 Å². The van der Waals surface area contributed by atoms with Gasteiger partial charge in [0.2, 0.25) is 0 Å². The first-order valence-electron chi connectivity index (χ1n) is 5.25. The molecule has 0 amide bonds. The fraction of sp³-hybridized carbons (Fsp3) is 0.154. The fourth-order valence-electron chi connectivity index (χ4n) is 1.66. The van der Waals surface area contributed by atoms with E-state index in [0.29, 0.717) is 5.56 Å². The maximum atomic E-state index is 8.93. The number of hydrogen-bond acceptors (Lipinski definition) is 3. The normalized spacial score (nSPS) is 9.94. The fourth-order valence-corrected chi connectivity index (χ4v) is 1.81. The Bertz CT molecular complexity index is 587. The molecule has 0 aromatic carbocycles. The molecule has 2 aromatic heterocycles. The Morgan fingerprint density at radius 2 is 2.24 bits per heavy atom. The Labute approximate surface area is 105 Å². The summed E-state index contributed by atoms with van der Waals surface area (Å²) in [6.07, 6.45) is 6.12. The van der Waals surface area contributed by atoms with Crippen LogP contribution in [0.1, 0.15) is 18.1 Å². The van der Waals surface area contributed by atoms with Gasteiger partial charge in [-0.15, -0.1) is 0 Å². The van der Waals surface area contributed by atoms with E-state index in [1.807, 2.05) is 18.3 Å². The van der Waals surface area contributed by atoms with E-state index in [-0.39, 0.29) is 5.15 Å². The van der Waals surface area contributed by atoms with Gasteiger partial charge >= 0.3 is 0 Å². The molecule has 2 heterocycles. The maximum Gasteiger partial charge on any atom is 0.146 e. The molecule has 2 rings (SSSR count). The summed E-state index contributed by atoms with van der Waals surface area (Å²) < 4.78 is 0. The molecule has 0 spiro atoms. The summed E-state index contributed by atoms with van der Waals surface area (Å²) in [6.45, 7) is 2.06. The molecule has 0 aliphatic rings. The van der Waals surface area contributed by atoms with E-state index in [1.165, 1.54) is 0 Å². The van der Waals surface area contributed by atoms with Crippen LogP contribution in [0, 0.1) is 11.3 Å². The quantitative estimate of drug-likeness (QED) is 0.761. The molecule has 0 atom stereocenters. The predicted molar refractivity (Wildman–Crippen MR) is 66.6 cm³/mol. The Balaban J connectivity index is 2.58. The van der Waals surface area contributed by atoms with Crippen molar-refractivity contribution in [3.05, 3.63) is 47.0 Å². The average molecular weight is 244 g/mol. The molecule has 4 heteroatoms. The molecule has 0 aliphatic heterocycles. The van der Waals surface area contributed by atoms with Gasteiger partial charge in [0.05, 0.1) is 5.56 Å². The highest BCUT2D eigenvalue weighted by Crippen LogP contribution is 2.25. The average Bonchev–Trinajstić information content (AvgIpc) is 2.39. The zero-order chi connectivity index (χ0) is 12.3. The van der Waals surface area contributed by atoms with Gasteiger partial charge in [-0.05, 0) is 29.7 Å². The van der Waals surface area contributed by atoms with Crippen molar-refractivity contribution < 1.29 is 0 Å². The third-order valence-electron chi connectivity index (χ3n) is 2.56.